The molecule has 11 heteroatoms. The largest absolute Gasteiger partial charge is 0.416 e. The number of hydrogen-bond acceptors (Lipinski definition) is 5. The molecule has 0 saturated heterocycles. The standard InChI is InChI=1S/C21H15F3N6O2/c1-12-11-29-18(20(32)30(12)16-4-2-13(3-5-16)21(22,23)24)17(10-27-29)19(31)28-14-6-7-26-15(8-14)9-25/h2-8,10,12H,11H2,1H3,(H,26,28,31). The van der Waals surface area contributed by atoms with Gasteiger partial charge in [0.05, 0.1) is 29.9 Å². The minimum Gasteiger partial charge on any atom is -0.322 e. The quantitative estimate of drug-likeness (QED) is 0.672. The molecule has 0 spiro atoms. The number of carbonyl (C=O) groups excluding carboxylic acids is 2. The Morgan fingerprint density at radius 3 is 2.62 bits per heavy atom. The molecule has 1 aromatic carbocycles. The third-order valence-corrected chi connectivity index (χ3v) is 4.99. The molecule has 3 aromatic rings. The summed E-state index contributed by atoms with van der Waals surface area (Å²) in [7, 11) is 0. The average Bonchev–Trinajstić information content (AvgIpc) is 3.18. The summed E-state index contributed by atoms with van der Waals surface area (Å²) >= 11 is 0. The number of pyridine rings is 1. The van der Waals surface area contributed by atoms with Gasteiger partial charge in [-0.15, -0.1) is 0 Å². The smallest absolute Gasteiger partial charge is 0.322 e. The number of alkyl halides is 3. The van der Waals surface area contributed by atoms with E-state index in [0.29, 0.717) is 5.69 Å². The molecule has 0 fully saturated rings. The molecule has 1 atom stereocenters. The molecule has 162 valence electrons. The maximum Gasteiger partial charge on any atom is 0.416 e. The molecular formula is C21H15F3N6O2. The number of anilines is 2. The van der Waals surface area contributed by atoms with E-state index < -0.39 is 29.6 Å². The van der Waals surface area contributed by atoms with Gasteiger partial charge in [0.1, 0.15) is 17.5 Å². The third kappa shape index (κ3) is 3.78. The van der Waals surface area contributed by atoms with E-state index in [1.165, 1.54) is 46.2 Å². The van der Waals surface area contributed by atoms with Crippen LogP contribution >= 0.6 is 0 Å². The molecule has 1 aliphatic rings. The van der Waals surface area contributed by atoms with Crippen LogP contribution in [0, 0.1) is 11.3 Å². The zero-order valence-corrected chi connectivity index (χ0v) is 16.6. The van der Waals surface area contributed by atoms with Crippen LogP contribution in [-0.4, -0.2) is 32.6 Å². The number of aromatic nitrogens is 3. The van der Waals surface area contributed by atoms with Crippen LogP contribution in [0.15, 0.2) is 48.8 Å². The van der Waals surface area contributed by atoms with Gasteiger partial charge in [0, 0.05) is 17.6 Å². The Hall–Kier alpha value is -4.20. The maximum absolute atomic E-state index is 13.3. The number of fused-ring (bicyclic) bond motifs is 1. The van der Waals surface area contributed by atoms with Gasteiger partial charge in [0.25, 0.3) is 11.8 Å². The lowest BCUT2D eigenvalue weighted by atomic mass is 10.1. The van der Waals surface area contributed by atoms with E-state index in [4.69, 9.17) is 5.26 Å². The lowest BCUT2D eigenvalue weighted by molar-refractivity contribution is -0.137. The molecule has 0 radical (unpaired) electrons. The normalized spacial score (nSPS) is 15.8. The first-order valence-electron chi connectivity index (χ1n) is 9.43. The van der Waals surface area contributed by atoms with Crippen molar-refractivity contribution in [3.8, 4) is 6.07 Å². The Morgan fingerprint density at radius 1 is 1.25 bits per heavy atom. The van der Waals surface area contributed by atoms with Gasteiger partial charge in [-0.1, -0.05) is 0 Å². The van der Waals surface area contributed by atoms with E-state index in [0.717, 1.165) is 12.1 Å². The molecule has 2 amide bonds. The summed E-state index contributed by atoms with van der Waals surface area (Å²) in [5.41, 5.74) is -0.0835. The van der Waals surface area contributed by atoms with Crippen molar-refractivity contribution >= 4 is 23.2 Å². The number of amides is 2. The summed E-state index contributed by atoms with van der Waals surface area (Å²) in [5, 5.41) is 15.7. The van der Waals surface area contributed by atoms with Crippen molar-refractivity contribution in [3.63, 3.8) is 0 Å². The molecule has 1 unspecified atom stereocenters. The molecule has 1 aliphatic heterocycles. The Labute approximate surface area is 179 Å². The molecule has 2 aromatic heterocycles. The second kappa shape index (κ2) is 7.81. The monoisotopic (exact) mass is 440 g/mol. The van der Waals surface area contributed by atoms with Gasteiger partial charge in [-0.25, -0.2) is 4.98 Å². The first-order valence-corrected chi connectivity index (χ1v) is 9.43. The topological polar surface area (TPSA) is 104 Å². The summed E-state index contributed by atoms with van der Waals surface area (Å²) in [6.45, 7) is 1.99. The summed E-state index contributed by atoms with van der Waals surface area (Å²) in [6, 6.07) is 8.60. The summed E-state index contributed by atoms with van der Waals surface area (Å²) in [4.78, 5) is 31.2. The lowest BCUT2D eigenvalue weighted by Gasteiger charge is -2.34. The van der Waals surface area contributed by atoms with Gasteiger partial charge in [-0.2, -0.15) is 23.5 Å². The van der Waals surface area contributed by atoms with Crippen molar-refractivity contribution in [1.29, 1.82) is 5.26 Å². The first-order chi connectivity index (χ1) is 15.2. The van der Waals surface area contributed by atoms with Crippen LogP contribution in [0.4, 0.5) is 24.5 Å². The molecule has 32 heavy (non-hydrogen) atoms. The van der Waals surface area contributed by atoms with Crippen LogP contribution in [0.3, 0.4) is 0 Å². The van der Waals surface area contributed by atoms with Crippen LogP contribution in [-0.2, 0) is 12.7 Å². The number of benzene rings is 1. The van der Waals surface area contributed by atoms with Crippen LogP contribution in [0.5, 0.6) is 0 Å². The molecule has 0 bridgehead atoms. The maximum atomic E-state index is 13.3. The zero-order valence-electron chi connectivity index (χ0n) is 16.6. The highest BCUT2D eigenvalue weighted by Gasteiger charge is 2.36. The van der Waals surface area contributed by atoms with E-state index in [1.54, 1.807) is 6.92 Å². The minimum absolute atomic E-state index is 0.00846. The molecule has 8 nitrogen and oxygen atoms in total. The van der Waals surface area contributed by atoms with E-state index in [9.17, 15) is 22.8 Å². The zero-order chi connectivity index (χ0) is 23.0. The highest BCUT2D eigenvalue weighted by atomic mass is 19.4. The molecule has 3 heterocycles. The second-order valence-corrected chi connectivity index (χ2v) is 7.15. The molecule has 1 N–H and O–H groups in total. The number of nitriles is 1. The van der Waals surface area contributed by atoms with Gasteiger partial charge < -0.3 is 10.2 Å². The molecule has 0 aliphatic carbocycles. The summed E-state index contributed by atoms with van der Waals surface area (Å²) in [6.07, 6.45) is -1.86. The highest BCUT2D eigenvalue weighted by Crippen LogP contribution is 2.32. The van der Waals surface area contributed by atoms with Gasteiger partial charge in [0.2, 0.25) is 0 Å². The van der Waals surface area contributed by atoms with Crippen molar-refractivity contribution in [1.82, 2.24) is 14.8 Å². The number of hydrogen-bond donors (Lipinski definition) is 1. The van der Waals surface area contributed by atoms with Gasteiger partial charge >= 0.3 is 6.18 Å². The van der Waals surface area contributed by atoms with Crippen LogP contribution in [0.2, 0.25) is 0 Å². The number of carbonyl (C=O) groups is 2. The SMILES string of the molecule is CC1Cn2ncc(C(=O)Nc3ccnc(C#N)c3)c2C(=O)N1c1ccc(C(F)(F)F)cc1. The van der Waals surface area contributed by atoms with Crippen molar-refractivity contribution in [2.24, 2.45) is 0 Å². The van der Waals surface area contributed by atoms with Crippen LogP contribution < -0.4 is 10.2 Å². The van der Waals surface area contributed by atoms with Crippen molar-refractivity contribution in [3.05, 3.63) is 71.3 Å². The van der Waals surface area contributed by atoms with Gasteiger partial charge in [-0.3, -0.25) is 14.3 Å². The summed E-state index contributed by atoms with van der Waals surface area (Å²) < 4.78 is 40.0. The molecule has 0 saturated carbocycles. The fourth-order valence-electron chi connectivity index (χ4n) is 3.51. The fourth-order valence-corrected chi connectivity index (χ4v) is 3.51. The van der Waals surface area contributed by atoms with Crippen LogP contribution in [0.1, 0.15) is 39.0 Å². The van der Waals surface area contributed by atoms with E-state index in [-0.39, 0.29) is 29.2 Å². The fraction of sp³-hybridized carbons (Fsp3) is 0.190. The number of rotatable bonds is 3. The lowest BCUT2D eigenvalue weighted by Crippen LogP contribution is -2.47. The molecule has 4 rings (SSSR count). The average molecular weight is 440 g/mol. The molecular weight excluding hydrogens is 425 g/mol. The number of halogens is 3. The Kier molecular flexibility index (Phi) is 5.14. The Bertz CT molecular complexity index is 1240. The third-order valence-electron chi connectivity index (χ3n) is 4.99. The van der Waals surface area contributed by atoms with E-state index >= 15 is 0 Å². The highest BCUT2D eigenvalue weighted by molar-refractivity contribution is 6.15. The van der Waals surface area contributed by atoms with E-state index in [1.807, 2.05) is 6.07 Å². The predicted molar refractivity (Wildman–Crippen MR) is 107 cm³/mol. The van der Waals surface area contributed by atoms with Crippen LogP contribution in [0.25, 0.3) is 0 Å². The number of nitrogens with zero attached hydrogens (tertiary/aromatic N) is 5. The van der Waals surface area contributed by atoms with Gasteiger partial charge in [-0.05, 0) is 43.3 Å². The Balaban J connectivity index is 1.64. The number of nitrogens with one attached hydrogen (secondary N) is 1. The Morgan fingerprint density at radius 2 is 1.97 bits per heavy atom. The summed E-state index contributed by atoms with van der Waals surface area (Å²) in [5.74, 6) is -1.17. The first kappa shape index (κ1) is 21.0. The van der Waals surface area contributed by atoms with Crippen molar-refractivity contribution < 1.29 is 22.8 Å². The van der Waals surface area contributed by atoms with Gasteiger partial charge in [0.15, 0.2) is 0 Å². The predicted octanol–water partition coefficient (Wildman–Crippen LogP) is 3.47. The second-order valence-electron chi connectivity index (χ2n) is 7.15. The minimum atomic E-state index is -4.49. The van der Waals surface area contributed by atoms with Crippen molar-refractivity contribution in [2.75, 3.05) is 10.2 Å². The van der Waals surface area contributed by atoms with Crippen molar-refractivity contribution in [2.45, 2.75) is 25.7 Å². The van der Waals surface area contributed by atoms with E-state index in [2.05, 4.69) is 15.4 Å².